The first-order chi connectivity index (χ1) is 12.8. The number of ether oxygens (including phenoxy) is 2. The first-order valence-corrected chi connectivity index (χ1v) is 10.8. The molecule has 0 bridgehead atoms. The van der Waals surface area contributed by atoms with Gasteiger partial charge in [-0.15, -0.1) is 6.42 Å². The molecule has 0 aromatic carbocycles. The van der Waals surface area contributed by atoms with Crippen molar-refractivity contribution in [2.75, 3.05) is 13.2 Å². The van der Waals surface area contributed by atoms with E-state index < -0.39 is 11.4 Å². The lowest BCUT2D eigenvalue weighted by atomic mass is 9.43. The Kier molecular flexibility index (Phi) is 3.76. The summed E-state index contributed by atoms with van der Waals surface area (Å²) in [5.41, 5.74) is -1.06. The van der Waals surface area contributed by atoms with E-state index in [0.717, 1.165) is 32.1 Å². The number of hydrogen-bond acceptors (Lipinski definition) is 4. The standard InChI is InChI=1S/C23H32O4/c1-4-22(25)10-9-20(2)15(13-22)14-23(26-11-12-27-23)19-16-5-6-18(24)21(16,3)8-7-17(19)20/h1,15-17,19,25H,5-14H2,2-3H3/t15-,16?,17?,19?,20+,21+,22?/m1/s1. The fourth-order valence-corrected chi connectivity index (χ4v) is 7.87. The van der Waals surface area contributed by atoms with Crippen LogP contribution in [-0.2, 0) is 14.3 Å². The molecular formula is C23H32O4. The van der Waals surface area contributed by atoms with Crippen LogP contribution >= 0.6 is 0 Å². The van der Waals surface area contributed by atoms with E-state index in [1.54, 1.807) is 0 Å². The van der Waals surface area contributed by atoms with Crippen LogP contribution in [0.4, 0.5) is 0 Å². The van der Waals surface area contributed by atoms with Crippen molar-refractivity contribution < 1.29 is 19.4 Å². The molecule has 4 unspecified atom stereocenters. The van der Waals surface area contributed by atoms with Crippen LogP contribution in [0.1, 0.15) is 65.2 Å². The lowest BCUT2D eigenvalue weighted by Crippen LogP contribution is -2.64. The van der Waals surface area contributed by atoms with Gasteiger partial charge >= 0.3 is 0 Å². The number of hydrogen-bond donors (Lipinski definition) is 1. The van der Waals surface area contributed by atoms with Crippen LogP contribution in [0.2, 0.25) is 0 Å². The summed E-state index contributed by atoms with van der Waals surface area (Å²) in [6.07, 6.45) is 12.5. The Bertz CT molecular complexity index is 704. The van der Waals surface area contributed by atoms with Crippen LogP contribution < -0.4 is 0 Å². The summed E-state index contributed by atoms with van der Waals surface area (Å²) in [5, 5.41) is 10.8. The summed E-state index contributed by atoms with van der Waals surface area (Å²) in [5.74, 6) is 3.92. The first-order valence-electron chi connectivity index (χ1n) is 10.8. The molecule has 5 aliphatic rings. The third-order valence-electron chi connectivity index (χ3n) is 9.50. The molecule has 27 heavy (non-hydrogen) atoms. The predicted molar refractivity (Wildman–Crippen MR) is 101 cm³/mol. The number of carbonyl (C=O) groups excluding carboxylic acids is 1. The molecule has 5 fully saturated rings. The summed E-state index contributed by atoms with van der Waals surface area (Å²) in [4.78, 5) is 12.8. The minimum Gasteiger partial charge on any atom is -0.378 e. The van der Waals surface area contributed by atoms with Gasteiger partial charge in [-0.3, -0.25) is 4.79 Å². The van der Waals surface area contributed by atoms with E-state index in [0.29, 0.717) is 56.0 Å². The Morgan fingerprint density at radius 2 is 1.81 bits per heavy atom. The Balaban J connectivity index is 1.58. The van der Waals surface area contributed by atoms with Crippen LogP contribution in [0.15, 0.2) is 0 Å². The van der Waals surface area contributed by atoms with Gasteiger partial charge in [0, 0.05) is 24.2 Å². The third-order valence-corrected chi connectivity index (χ3v) is 9.50. The van der Waals surface area contributed by atoms with E-state index >= 15 is 0 Å². The van der Waals surface area contributed by atoms with E-state index in [2.05, 4.69) is 19.8 Å². The van der Waals surface area contributed by atoms with Gasteiger partial charge in [-0.1, -0.05) is 19.8 Å². The maximum atomic E-state index is 12.8. The molecule has 0 amide bonds. The molecule has 1 aliphatic heterocycles. The highest BCUT2D eigenvalue weighted by molar-refractivity contribution is 5.87. The van der Waals surface area contributed by atoms with Gasteiger partial charge < -0.3 is 14.6 Å². The lowest BCUT2D eigenvalue weighted by Gasteiger charge is -2.64. The molecule has 148 valence electrons. The molecular weight excluding hydrogens is 340 g/mol. The molecule has 1 N–H and O–H groups in total. The molecule has 0 aromatic heterocycles. The second-order valence-corrected chi connectivity index (χ2v) is 10.5. The smallest absolute Gasteiger partial charge is 0.172 e. The van der Waals surface area contributed by atoms with Crippen LogP contribution in [0.5, 0.6) is 0 Å². The maximum Gasteiger partial charge on any atom is 0.172 e. The number of ketones is 1. The van der Waals surface area contributed by atoms with Crippen molar-refractivity contribution in [1.29, 1.82) is 0 Å². The minimum atomic E-state index is -0.997. The predicted octanol–water partition coefficient (Wildman–Crippen LogP) is 3.32. The monoisotopic (exact) mass is 372 g/mol. The van der Waals surface area contributed by atoms with Crippen molar-refractivity contribution >= 4 is 5.78 Å². The van der Waals surface area contributed by atoms with Crippen LogP contribution in [-0.4, -0.2) is 35.5 Å². The highest BCUT2D eigenvalue weighted by atomic mass is 16.7. The van der Waals surface area contributed by atoms with Crippen LogP contribution in [0.25, 0.3) is 0 Å². The zero-order chi connectivity index (χ0) is 19.1. The Morgan fingerprint density at radius 3 is 2.52 bits per heavy atom. The number of rotatable bonds is 0. The fraction of sp³-hybridized carbons (Fsp3) is 0.870. The molecule has 4 heteroatoms. The van der Waals surface area contributed by atoms with Gasteiger partial charge in [-0.2, -0.15) is 0 Å². The normalized spacial score (nSPS) is 53.5. The van der Waals surface area contributed by atoms with Crippen molar-refractivity contribution in [2.45, 2.75) is 76.6 Å². The quantitative estimate of drug-likeness (QED) is 0.663. The van der Waals surface area contributed by atoms with E-state index in [1.807, 2.05) is 0 Å². The van der Waals surface area contributed by atoms with Gasteiger partial charge in [-0.05, 0) is 61.7 Å². The van der Waals surface area contributed by atoms with Gasteiger partial charge in [-0.25, -0.2) is 0 Å². The Morgan fingerprint density at radius 1 is 1.07 bits per heavy atom. The Labute approximate surface area is 162 Å². The van der Waals surface area contributed by atoms with Gasteiger partial charge in [0.05, 0.1) is 13.2 Å². The molecule has 7 atom stereocenters. The SMILES string of the molecule is C#CC1(O)CC[C@]2(C)C3CC[C@]4(C)C(=O)CCC4C3C3(C[C@H]2C1)OCCO3. The summed E-state index contributed by atoms with van der Waals surface area (Å²) in [6, 6.07) is 0. The van der Waals surface area contributed by atoms with E-state index in [1.165, 1.54) is 0 Å². The van der Waals surface area contributed by atoms with E-state index in [9.17, 15) is 9.90 Å². The van der Waals surface area contributed by atoms with E-state index in [4.69, 9.17) is 15.9 Å². The molecule has 4 nitrogen and oxygen atoms in total. The Hall–Kier alpha value is -0.890. The van der Waals surface area contributed by atoms with Gasteiger partial charge in [0.15, 0.2) is 5.79 Å². The zero-order valence-electron chi connectivity index (χ0n) is 16.6. The van der Waals surface area contributed by atoms with Crippen LogP contribution in [0.3, 0.4) is 0 Å². The van der Waals surface area contributed by atoms with Crippen molar-refractivity contribution in [3.8, 4) is 12.3 Å². The van der Waals surface area contributed by atoms with Gasteiger partial charge in [0.2, 0.25) is 0 Å². The second-order valence-electron chi connectivity index (χ2n) is 10.5. The molecule has 4 saturated carbocycles. The number of carbonyl (C=O) groups is 1. The summed E-state index contributed by atoms with van der Waals surface area (Å²) in [7, 11) is 0. The van der Waals surface area contributed by atoms with Gasteiger partial charge in [0.25, 0.3) is 0 Å². The molecule has 1 saturated heterocycles. The van der Waals surface area contributed by atoms with Crippen molar-refractivity contribution in [3.05, 3.63) is 0 Å². The van der Waals surface area contributed by atoms with Crippen molar-refractivity contribution in [2.24, 2.45) is 34.5 Å². The second kappa shape index (κ2) is 5.59. The number of terminal acetylenes is 1. The molecule has 0 radical (unpaired) electrons. The first kappa shape index (κ1) is 18.2. The molecule has 0 aromatic rings. The molecule has 5 rings (SSSR count). The van der Waals surface area contributed by atoms with Crippen LogP contribution in [0, 0.1) is 46.8 Å². The largest absolute Gasteiger partial charge is 0.378 e. The summed E-state index contributed by atoms with van der Waals surface area (Å²) >= 11 is 0. The van der Waals surface area contributed by atoms with Crippen molar-refractivity contribution in [1.82, 2.24) is 0 Å². The minimum absolute atomic E-state index is 0.140. The lowest BCUT2D eigenvalue weighted by molar-refractivity contribution is -0.299. The highest BCUT2D eigenvalue weighted by Gasteiger charge is 2.69. The number of Topliss-reactive ketones (excluding diaryl/α,β-unsaturated/α-hetero) is 1. The summed E-state index contributed by atoms with van der Waals surface area (Å²) < 4.78 is 12.7. The molecule has 1 heterocycles. The van der Waals surface area contributed by atoms with E-state index in [-0.39, 0.29) is 16.7 Å². The highest BCUT2D eigenvalue weighted by Crippen LogP contribution is 2.69. The third kappa shape index (κ3) is 2.26. The average molecular weight is 373 g/mol. The van der Waals surface area contributed by atoms with Gasteiger partial charge in [0.1, 0.15) is 11.4 Å². The molecule has 4 aliphatic carbocycles. The summed E-state index contributed by atoms with van der Waals surface area (Å²) in [6.45, 7) is 5.86. The molecule has 1 spiro atoms. The average Bonchev–Trinajstić information content (AvgIpc) is 3.23. The topological polar surface area (TPSA) is 55.8 Å². The maximum absolute atomic E-state index is 12.8. The van der Waals surface area contributed by atoms with Crippen molar-refractivity contribution in [3.63, 3.8) is 0 Å². The zero-order valence-corrected chi connectivity index (χ0v) is 16.6. The number of fused-ring (bicyclic) bond motifs is 6. The number of aliphatic hydroxyl groups is 1. The fourth-order valence-electron chi connectivity index (χ4n) is 7.87.